The molecule has 1 heterocycles. The Balaban J connectivity index is 1.41. The second-order valence-electron chi connectivity index (χ2n) is 6.27. The minimum absolute atomic E-state index is 0.0541. The van der Waals surface area contributed by atoms with Gasteiger partial charge in [0.25, 0.3) is 0 Å². The predicted molar refractivity (Wildman–Crippen MR) is 102 cm³/mol. The van der Waals surface area contributed by atoms with Crippen LogP contribution in [0, 0.1) is 0 Å². The summed E-state index contributed by atoms with van der Waals surface area (Å²) in [7, 11) is 0. The van der Waals surface area contributed by atoms with Gasteiger partial charge in [0, 0.05) is 31.7 Å². The zero-order valence-electron chi connectivity index (χ0n) is 15.0. The second-order valence-corrected chi connectivity index (χ2v) is 6.27. The maximum atomic E-state index is 12.1. The highest BCUT2D eigenvalue weighted by molar-refractivity contribution is 5.76. The molecule has 5 nitrogen and oxygen atoms in total. The normalized spacial score (nSPS) is 14.1. The highest BCUT2D eigenvalue weighted by Gasteiger charge is 2.14. The third kappa shape index (κ3) is 5.49. The fourth-order valence-electron chi connectivity index (χ4n) is 2.99. The standard InChI is InChI=1S/C21H26N2O3/c24-21(11-6-14-26-19-8-2-1-3-9-19)22-17-18-7-4-5-10-20(18)23-12-15-25-16-13-23/h1-5,7-10H,6,11-17H2,(H,22,24). The van der Waals surface area contributed by atoms with Gasteiger partial charge in [-0.1, -0.05) is 36.4 Å². The van der Waals surface area contributed by atoms with Gasteiger partial charge in [0.15, 0.2) is 0 Å². The minimum atomic E-state index is 0.0541. The third-order valence-corrected chi connectivity index (χ3v) is 4.38. The van der Waals surface area contributed by atoms with Crippen LogP contribution in [-0.4, -0.2) is 38.8 Å². The van der Waals surface area contributed by atoms with Crippen LogP contribution < -0.4 is 15.0 Å². The van der Waals surface area contributed by atoms with Crippen LogP contribution in [0.1, 0.15) is 18.4 Å². The Bertz CT molecular complexity index is 685. The first kappa shape index (κ1) is 18.3. The molecule has 0 atom stereocenters. The van der Waals surface area contributed by atoms with E-state index in [1.807, 2.05) is 42.5 Å². The second kappa shape index (κ2) is 9.82. The minimum Gasteiger partial charge on any atom is -0.494 e. The van der Waals surface area contributed by atoms with E-state index in [9.17, 15) is 4.79 Å². The molecular weight excluding hydrogens is 328 g/mol. The molecule has 1 saturated heterocycles. The molecule has 0 aliphatic carbocycles. The van der Waals surface area contributed by atoms with Crippen molar-refractivity contribution >= 4 is 11.6 Å². The monoisotopic (exact) mass is 354 g/mol. The van der Waals surface area contributed by atoms with E-state index >= 15 is 0 Å². The summed E-state index contributed by atoms with van der Waals surface area (Å²) in [6.07, 6.45) is 1.17. The smallest absolute Gasteiger partial charge is 0.220 e. The predicted octanol–water partition coefficient (Wildman–Crippen LogP) is 3.00. The lowest BCUT2D eigenvalue weighted by Crippen LogP contribution is -2.37. The number of carbonyl (C=O) groups is 1. The molecule has 138 valence electrons. The van der Waals surface area contributed by atoms with Gasteiger partial charge < -0.3 is 19.7 Å². The zero-order chi connectivity index (χ0) is 18.0. The van der Waals surface area contributed by atoms with Gasteiger partial charge in [0.2, 0.25) is 5.91 Å². The number of carbonyl (C=O) groups excluding carboxylic acids is 1. The van der Waals surface area contributed by atoms with E-state index in [2.05, 4.69) is 22.3 Å². The number of nitrogens with one attached hydrogen (secondary N) is 1. The Kier molecular flexibility index (Phi) is 6.90. The Morgan fingerprint density at radius 3 is 2.58 bits per heavy atom. The molecule has 5 heteroatoms. The maximum Gasteiger partial charge on any atom is 0.220 e. The summed E-state index contributed by atoms with van der Waals surface area (Å²) in [4.78, 5) is 14.4. The van der Waals surface area contributed by atoms with Crippen LogP contribution in [0.15, 0.2) is 54.6 Å². The summed E-state index contributed by atoms with van der Waals surface area (Å²) in [5, 5.41) is 3.02. The van der Waals surface area contributed by atoms with E-state index in [-0.39, 0.29) is 5.91 Å². The Morgan fingerprint density at radius 1 is 1.04 bits per heavy atom. The van der Waals surface area contributed by atoms with Gasteiger partial charge >= 0.3 is 0 Å². The first-order valence-electron chi connectivity index (χ1n) is 9.18. The lowest BCUT2D eigenvalue weighted by molar-refractivity contribution is -0.121. The van der Waals surface area contributed by atoms with E-state index < -0.39 is 0 Å². The molecule has 3 rings (SSSR count). The van der Waals surface area contributed by atoms with Crippen molar-refractivity contribution in [1.82, 2.24) is 5.32 Å². The average Bonchev–Trinajstić information content (AvgIpc) is 2.71. The summed E-state index contributed by atoms with van der Waals surface area (Å²) >= 11 is 0. The van der Waals surface area contributed by atoms with Gasteiger partial charge in [-0.3, -0.25) is 4.79 Å². The van der Waals surface area contributed by atoms with Crippen LogP contribution in [0.25, 0.3) is 0 Å². The number of hydrogen-bond acceptors (Lipinski definition) is 4. The number of nitrogens with zero attached hydrogens (tertiary/aromatic N) is 1. The number of benzene rings is 2. The number of ether oxygens (including phenoxy) is 2. The van der Waals surface area contributed by atoms with E-state index in [1.54, 1.807) is 0 Å². The molecule has 2 aromatic rings. The Labute approximate surface area is 154 Å². The van der Waals surface area contributed by atoms with Gasteiger partial charge in [-0.25, -0.2) is 0 Å². The molecule has 0 aromatic heterocycles. The van der Waals surface area contributed by atoms with Crippen LogP contribution in [0.4, 0.5) is 5.69 Å². The van der Waals surface area contributed by atoms with Gasteiger partial charge in [-0.05, 0) is 30.2 Å². The molecule has 0 saturated carbocycles. The number of amides is 1. The summed E-state index contributed by atoms with van der Waals surface area (Å²) < 4.78 is 11.0. The summed E-state index contributed by atoms with van der Waals surface area (Å²) in [5.74, 6) is 0.894. The van der Waals surface area contributed by atoms with Crippen molar-refractivity contribution in [3.05, 3.63) is 60.2 Å². The summed E-state index contributed by atoms with van der Waals surface area (Å²) in [5.41, 5.74) is 2.33. The number of rotatable bonds is 8. The number of para-hydroxylation sites is 2. The maximum absolute atomic E-state index is 12.1. The van der Waals surface area contributed by atoms with Crippen molar-refractivity contribution < 1.29 is 14.3 Å². The van der Waals surface area contributed by atoms with E-state index in [0.29, 0.717) is 26.0 Å². The van der Waals surface area contributed by atoms with Crippen molar-refractivity contribution in [3.63, 3.8) is 0 Å². The molecule has 1 amide bonds. The molecule has 1 aliphatic rings. The first-order chi connectivity index (χ1) is 12.8. The molecule has 0 spiro atoms. The topological polar surface area (TPSA) is 50.8 Å². The summed E-state index contributed by atoms with van der Waals surface area (Å²) in [6.45, 7) is 4.38. The molecule has 2 aromatic carbocycles. The highest BCUT2D eigenvalue weighted by atomic mass is 16.5. The molecule has 1 N–H and O–H groups in total. The van der Waals surface area contributed by atoms with Gasteiger partial charge in [-0.2, -0.15) is 0 Å². The SMILES string of the molecule is O=C(CCCOc1ccccc1)NCc1ccccc1N1CCOCC1. The van der Waals surface area contributed by atoms with Crippen molar-refractivity contribution in [2.24, 2.45) is 0 Å². The number of anilines is 1. The van der Waals surface area contributed by atoms with Crippen molar-refractivity contribution in [2.45, 2.75) is 19.4 Å². The van der Waals surface area contributed by atoms with Crippen LogP contribution in [0.3, 0.4) is 0 Å². The van der Waals surface area contributed by atoms with Crippen LogP contribution in [0.2, 0.25) is 0 Å². The summed E-state index contributed by atoms with van der Waals surface area (Å²) in [6, 6.07) is 17.9. The fraction of sp³-hybridized carbons (Fsp3) is 0.381. The van der Waals surface area contributed by atoms with Crippen LogP contribution in [0.5, 0.6) is 5.75 Å². The quantitative estimate of drug-likeness (QED) is 0.741. The van der Waals surface area contributed by atoms with Gasteiger partial charge in [0.1, 0.15) is 5.75 Å². The fourth-order valence-corrected chi connectivity index (χ4v) is 2.99. The van der Waals surface area contributed by atoms with Crippen molar-refractivity contribution in [2.75, 3.05) is 37.8 Å². The van der Waals surface area contributed by atoms with Crippen molar-refractivity contribution in [3.8, 4) is 5.75 Å². The van der Waals surface area contributed by atoms with Gasteiger partial charge in [0.05, 0.1) is 19.8 Å². The molecule has 1 aliphatic heterocycles. The van der Waals surface area contributed by atoms with E-state index in [0.717, 1.165) is 37.6 Å². The molecular formula is C21H26N2O3. The molecule has 26 heavy (non-hydrogen) atoms. The molecule has 1 fully saturated rings. The molecule has 0 unspecified atom stereocenters. The zero-order valence-corrected chi connectivity index (χ0v) is 15.0. The largest absolute Gasteiger partial charge is 0.494 e. The van der Waals surface area contributed by atoms with Gasteiger partial charge in [-0.15, -0.1) is 0 Å². The third-order valence-electron chi connectivity index (χ3n) is 4.38. The van der Waals surface area contributed by atoms with E-state index in [1.165, 1.54) is 5.69 Å². The molecule has 0 bridgehead atoms. The number of morpholine rings is 1. The number of hydrogen-bond donors (Lipinski definition) is 1. The lowest BCUT2D eigenvalue weighted by atomic mass is 10.1. The van der Waals surface area contributed by atoms with E-state index in [4.69, 9.17) is 9.47 Å². The Hall–Kier alpha value is -2.53. The lowest BCUT2D eigenvalue weighted by Gasteiger charge is -2.30. The molecule has 0 radical (unpaired) electrons. The first-order valence-corrected chi connectivity index (χ1v) is 9.18. The average molecular weight is 354 g/mol. The Morgan fingerprint density at radius 2 is 1.77 bits per heavy atom. The van der Waals surface area contributed by atoms with Crippen LogP contribution in [-0.2, 0) is 16.1 Å². The van der Waals surface area contributed by atoms with Crippen molar-refractivity contribution in [1.29, 1.82) is 0 Å². The van der Waals surface area contributed by atoms with Crippen LogP contribution >= 0.6 is 0 Å². The highest BCUT2D eigenvalue weighted by Crippen LogP contribution is 2.21.